The molecule has 0 saturated heterocycles. The number of rotatable bonds is 5. The van der Waals surface area contributed by atoms with Crippen molar-refractivity contribution < 1.29 is 9.13 Å². The maximum absolute atomic E-state index is 12.9. The zero-order valence-electron chi connectivity index (χ0n) is 10.4. The first-order valence-electron chi connectivity index (χ1n) is 5.68. The van der Waals surface area contributed by atoms with E-state index >= 15 is 0 Å². The number of hydrogen-bond donors (Lipinski definition) is 1. The highest BCUT2D eigenvalue weighted by molar-refractivity contribution is 6.31. The summed E-state index contributed by atoms with van der Waals surface area (Å²) in [5.74, 6) is -0.00584. The highest BCUT2D eigenvalue weighted by atomic mass is 35.5. The van der Waals surface area contributed by atoms with Gasteiger partial charge >= 0.3 is 0 Å². The lowest BCUT2D eigenvalue weighted by atomic mass is 9.94. The van der Waals surface area contributed by atoms with E-state index in [1.807, 2.05) is 0 Å². The lowest BCUT2D eigenvalue weighted by Crippen LogP contribution is -2.41. The third-order valence-electron chi connectivity index (χ3n) is 2.82. The average Bonchev–Trinajstić information content (AvgIpc) is 2.22. The van der Waals surface area contributed by atoms with Crippen molar-refractivity contribution >= 4 is 11.6 Å². The molecule has 4 heteroatoms. The van der Waals surface area contributed by atoms with Crippen LogP contribution in [0.5, 0.6) is 0 Å². The molecular weight excluding hydrogens is 241 g/mol. The zero-order valence-corrected chi connectivity index (χ0v) is 11.2. The summed E-state index contributed by atoms with van der Waals surface area (Å²) in [6, 6.07) is 4.22. The first kappa shape index (κ1) is 14.4. The molecule has 2 N–H and O–H groups in total. The molecule has 0 aliphatic heterocycles. The highest BCUT2D eigenvalue weighted by Crippen LogP contribution is 2.21. The molecule has 0 amide bonds. The minimum absolute atomic E-state index is 0.0314. The van der Waals surface area contributed by atoms with E-state index in [0.717, 1.165) is 5.56 Å². The van der Waals surface area contributed by atoms with Gasteiger partial charge < -0.3 is 10.5 Å². The number of nitrogens with two attached hydrogens (primary N) is 1. The molecule has 2 atom stereocenters. The van der Waals surface area contributed by atoms with Gasteiger partial charge in [0, 0.05) is 18.2 Å². The van der Waals surface area contributed by atoms with Crippen molar-refractivity contribution in [3.8, 4) is 0 Å². The average molecular weight is 260 g/mol. The Kier molecular flexibility index (Phi) is 5.37. The monoisotopic (exact) mass is 259 g/mol. The summed E-state index contributed by atoms with van der Waals surface area (Å²) in [6.07, 6.45) is 0.548. The van der Waals surface area contributed by atoms with Crippen molar-refractivity contribution in [3.63, 3.8) is 0 Å². The van der Waals surface area contributed by atoms with Crippen molar-refractivity contribution in [2.45, 2.75) is 32.4 Å². The number of methoxy groups -OCH3 is 1. The molecular formula is C13H19ClFNO. The van der Waals surface area contributed by atoms with E-state index in [0.29, 0.717) is 17.4 Å². The van der Waals surface area contributed by atoms with Crippen molar-refractivity contribution in [2.75, 3.05) is 7.11 Å². The van der Waals surface area contributed by atoms with Crippen LogP contribution >= 0.6 is 11.6 Å². The van der Waals surface area contributed by atoms with Crippen molar-refractivity contribution in [3.05, 3.63) is 34.6 Å². The van der Waals surface area contributed by atoms with Crippen molar-refractivity contribution in [1.82, 2.24) is 0 Å². The standard InChI is InChI=1S/C13H19ClFNO/c1-8(2)13(17-3)12(16)6-9-4-5-10(15)7-11(9)14/h4-5,7-8,12-13H,6,16H2,1-3H3. The van der Waals surface area contributed by atoms with Crippen LogP contribution in [0.1, 0.15) is 19.4 Å². The topological polar surface area (TPSA) is 35.2 Å². The molecule has 2 unspecified atom stereocenters. The quantitative estimate of drug-likeness (QED) is 0.882. The Balaban J connectivity index is 2.76. The lowest BCUT2D eigenvalue weighted by molar-refractivity contribution is 0.0441. The fourth-order valence-corrected chi connectivity index (χ4v) is 2.24. The summed E-state index contributed by atoms with van der Waals surface area (Å²) in [6.45, 7) is 4.11. The van der Waals surface area contributed by atoms with E-state index in [2.05, 4.69) is 13.8 Å². The second-order valence-electron chi connectivity index (χ2n) is 4.55. The number of hydrogen-bond acceptors (Lipinski definition) is 2. The van der Waals surface area contributed by atoms with Gasteiger partial charge in [0.1, 0.15) is 5.82 Å². The molecule has 0 radical (unpaired) electrons. The molecule has 0 heterocycles. The Morgan fingerprint density at radius 1 is 1.41 bits per heavy atom. The van der Waals surface area contributed by atoms with Crippen LogP contribution in [0.4, 0.5) is 4.39 Å². The predicted molar refractivity (Wildman–Crippen MR) is 68.7 cm³/mol. The summed E-state index contributed by atoms with van der Waals surface area (Å²) in [5.41, 5.74) is 6.94. The van der Waals surface area contributed by atoms with Crippen molar-refractivity contribution in [1.29, 1.82) is 0 Å². The second-order valence-corrected chi connectivity index (χ2v) is 4.96. The van der Waals surface area contributed by atoms with Crippen LogP contribution in [-0.2, 0) is 11.2 Å². The minimum Gasteiger partial charge on any atom is -0.380 e. The first-order valence-corrected chi connectivity index (χ1v) is 6.05. The van der Waals surface area contributed by atoms with Crippen LogP contribution in [0.15, 0.2) is 18.2 Å². The Hall–Kier alpha value is -0.640. The number of benzene rings is 1. The molecule has 0 aliphatic rings. The Labute approximate surface area is 107 Å². The fourth-order valence-electron chi connectivity index (χ4n) is 2.00. The van der Waals surface area contributed by atoms with Gasteiger partial charge in [-0.15, -0.1) is 0 Å². The van der Waals surface area contributed by atoms with Gasteiger partial charge in [-0.25, -0.2) is 4.39 Å². The Morgan fingerprint density at radius 3 is 2.53 bits per heavy atom. The second kappa shape index (κ2) is 6.34. The molecule has 2 nitrogen and oxygen atoms in total. The van der Waals surface area contributed by atoms with Gasteiger partial charge in [0.2, 0.25) is 0 Å². The fraction of sp³-hybridized carbons (Fsp3) is 0.538. The van der Waals surface area contributed by atoms with E-state index in [-0.39, 0.29) is 18.0 Å². The van der Waals surface area contributed by atoms with Crippen LogP contribution < -0.4 is 5.73 Å². The predicted octanol–water partition coefficient (Wildman–Crippen LogP) is 3.02. The van der Waals surface area contributed by atoms with Gasteiger partial charge in [0.05, 0.1) is 6.10 Å². The minimum atomic E-state index is -0.334. The SMILES string of the molecule is COC(C(C)C)C(N)Cc1ccc(F)cc1Cl. The maximum Gasteiger partial charge on any atom is 0.124 e. The van der Waals surface area contributed by atoms with Gasteiger partial charge in [-0.05, 0) is 30.0 Å². The van der Waals surface area contributed by atoms with E-state index in [1.54, 1.807) is 13.2 Å². The summed E-state index contributed by atoms with van der Waals surface area (Å²) in [7, 11) is 1.65. The molecule has 0 spiro atoms. The molecule has 96 valence electrons. The van der Waals surface area contributed by atoms with Crippen molar-refractivity contribution in [2.24, 2.45) is 11.7 Å². The molecule has 0 aliphatic carbocycles. The van der Waals surface area contributed by atoms with Crippen LogP contribution in [0.2, 0.25) is 5.02 Å². The zero-order chi connectivity index (χ0) is 13.0. The molecule has 1 aromatic rings. The van der Waals surface area contributed by atoms with Crippen LogP contribution in [0.25, 0.3) is 0 Å². The van der Waals surface area contributed by atoms with Crippen LogP contribution in [0, 0.1) is 11.7 Å². The molecule has 1 aromatic carbocycles. The van der Waals surface area contributed by atoms with Gasteiger partial charge in [0.15, 0.2) is 0 Å². The molecule has 0 saturated carbocycles. The molecule has 0 bridgehead atoms. The van der Waals surface area contributed by atoms with E-state index in [1.165, 1.54) is 12.1 Å². The van der Waals surface area contributed by atoms with Gasteiger partial charge in [0.25, 0.3) is 0 Å². The van der Waals surface area contributed by atoms with Gasteiger partial charge in [-0.3, -0.25) is 0 Å². The van der Waals surface area contributed by atoms with E-state index < -0.39 is 0 Å². The van der Waals surface area contributed by atoms with E-state index in [9.17, 15) is 4.39 Å². The molecule has 1 rings (SSSR count). The van der Waals surface area contributed by atoms with Crippen LogP contribution in [0.3, 0.4) is 0 Å². The summed E-state index contributed by atoms with van der Waals surface area (Å²) in [4.78, 5) is 0. The lowest BCUT2D eigenvalue weighted by Gasteiger charge is -2.26. The third kappa shape index (κ3) is 3.95. The Morgan fingerprint density at radius 2 is 2.06 bits per heavy atom. The summed E-state index contributed by atoms with van der Waals surface area (Å²) in [5, 5.41) is 0.416. The largest absolute Gasteiger partial charge is 0.380 e. The molecule has 0 aromatic heterocycles. The van der Waals surface area contributed by atoms with Crippen LogP contribution in [-0.4, -0.2) is 19.3 Å². The smallest absolute Gasteiger partial charge is 0.124 e. The maximum atomic E-state index is 12.9. The third-order valence-corrected chi connectivity index (χ3v) is 3.17. The van der Waals surface area contributed by atoms with Gasteiger partial charge in [-0.2, -0.15) is 0 Å². The summed E-state index contributed by atoms with van der Waals surface area (Å²) >= 11 is 5.96. The normalized spacial score (nSPS) is 15.0. The molecule has 17 heavy (non-hydrogen) atoms. The number of halogens is 2. The molecule has 0 fully saturated rings. The highest BCUT2D eigenvalue weighted by Gasteiger charge is 2.21. The van der Waals surface area contributed by atoms with Gasteiger partial charge in [-0.1, -0.05) is 31.5 Å². The Bertz CT molecular complexity index is 370. The summed E-state index contributed by atoms with van der Waals surface area (Å²) < 4.78 is 18.3. The number of ether oxygens (including phenoxy) is 1. The first-order chi connectivity index (χ1) is 7.95. The van der Waals surface area contributed by atoms with E-state index in [4.69, 9.17) is 22.1 Å².